The van der Waals surface area contributed by atoms with E-state index in [2.05, 4.69) is 40.6 Å². The first-order valence-corrected chi connectivity index (χ1v) is 9.80. The number of hydrogen-bond acceptors (Lipinski definition) is 4. The molecule has 1 aromatic heterocycles. The summed E-state index contributed by atoms with van der Waals surface area (Å²) in [5.41, 5.74) is 0. The van der Waals surface area contributed by atoms with E-state index < -0.39 is 0 Å². The van der Waals surface area contributed by atoms with E-state index in [-0.39, 0.29) is 24.4 Å². The van der Waals surface area contributed by atoms with E-state index in [1.165, 1.54) is 10.8 Å². The van der Waals surface area contributed by atoms with Crippen molar-refractivity contribution in [2.45, 2.75) is 10.9 Å². The van der Waals surface area contributed by atoms with Crippen LogP contribution in [0.2, 0.25) is 0 Å². The van der Waals surface area contributed by atoms with Crippen molar-refractivity contribution in [3.05, 3.63) is 60.7 Å². The molecule has 1 fully saturated rings. The number of carbonyl (C=O) groups excluding carboxylic acids is 1. The van der Waals surface area contributed by atoms with Crippen molar-refractivity contribution in [2.75, 3.05) is 25.4 Å². The molecule has 0 aliphatic carbocycles. The number of hydrogen-bond donors (Lipinski definition) is 1. The van der Waals surface area contributed by atoms with Gasteiger partial charge in [-0.2, -0.15) is 0 Å². The molecule has 0 bridgehead atoms. The lowest BCUT2D eigenvalue weighted by atomic mass is 10.1. The summed E-state index contributed by atoms with van der Waals surface area (Å²) >= 11 is 1.60. The van der Waals surface area contributed by atoms with E-state index in [9.17, 15) is 4.79 Å². The Hall–Kier alpha value is -2.02. The Labute approximate surface area is 169 Å². The SMILES string of the molecule is Cl.Cn1ccnc1C1CNCCN1C(=O)CSc1ccc2ccccc2c1. The van der Waals surface area contributed by atoms with Crippen LogP contribution >= 0.6 is 24.2 Å². The molecule has 2 heterocycles. The van der Waals surface area contributed by atoms with Gasteiger partial charge in [-0.3, -0.25) is 4.79 Å². The van der Waals surface area contributed by atoms with Crippen molar-refractivity contribution < 1.29 is 4.79 Å². The van der Waals surface area contributed by atoms with Crippen LogP contribution in [0.3, 0.4) is 0 Å². The molecule has 27 heavy (non-hydrogen) atoms. The minimum absolute atomic E-state index is 0. The molecule has 7 heteroatoms. The number of nitrogens with one attached hydrogen (secondary N) is 1. The van der Waals surface area contributed by atoms with Crippen molar-refractivity contribution in [1.29, 1.82) is 0 Å². The summed E-state index contributed by atoms with van der Waals surface area (Å²) < 4.78 is 1.99. The van der Waals surface area contributed by atoms with E-state index in [1.807, 2.05) is 34.8 Å². The highest BCUT2D eigenvalue weighted by Crippen LogP contribution is 2.26. The molecule has 1 unspecified atom stereocenters. The summed E-state index contributed by atoms with van der Waals surface area (Å²) in [6, 6.07) is 14.6. The maximum atomic E-state index is 12.9. The summed E-state index contributed by atoms with van der Waals surface area (Å²) in [5.74, 6) is 1.54. The van der Waals surface area contributed by atoms with E-state index in [0.717, 1.165) is 23.8 Å². The van der Waals surface area contributed by atoms with Crippen LogP contribution in [0.4, 0.5) is 0 Å². The van der Waals surface area contributed by atoms with Crippen LogP contribution in [-0.4, -0.2) is 45.7 Å². The van der Waals surface area contributed by atoms with Crippen LogP contribution in [0.25, 0.3) is 10.8 Å². The summed E-state index contributed by atoms with van der Waals surface area (Å²) in [5, 5.41) is 5.80. The third-order valence-electron chi connectivity index (χ3n) is 4.80. The highest BCUT2D eigenvalue weighted by atomic mass is 35.5. The molecule has 142 valence electrons. The number of rotatable bonds is 4. The number of aryl methyl sites for hydroxylation is 1. The molecular weight excluding hydrogens is 380 g/mol. The lowest BCUT2D eigenvalue weighted by Gasteiger charge is -2.35. The van der Waals surface area contributed by atoms with Gasteiger partial charge in [0, 0.05) is 44.0 Å². The maximum Gasteiger partial charge on any atom is 0.233 e. The molecule has 3 aromatic rings. The summed E-state index contributed by atoms with van der Waals surface area (Å²) in [4.78, 5) is 20.4. The van der Waals surface area contributed by atoms with Gasteiger partial charge in [0.25, 0.3) is 0 Å². The normalized spacial score (nSPS) is 16.9. The Bertz CT molecular complexity index is 929. The highest BCUT2D eigenvalue weighted by molar-refractivity contribution is 8.00. The van der Waals surface area contributed by atoms with E-state index in [0.29, 0.717) is 12.3 Å². The standard InChI is InChI=1S/C20H22N4OS.ClH/c1-23-10-9-22-20(23)18-13-21-8-11-24(18)19(25)14-26-17-7-6-15-4-2-3-5-16(15)12-17;/h2-7,9-10,12,18,21H,8,11,13-14H2,1H3;1H. The van der Waals surface area contributed by atoms with Crippen LogP contribution in [0, 0.1) is 0 Å². The van der Waals surface area contributed by atoms with Gasteiger partial charge in [0.15, 0.2) is 0 Å². The van der Waals surface area contributed by atoms with Crippen molar-refractivity contribution in [2.24, 2.45) is 7.05 Å². The average molecular weight is 403 g/mol. The zero-order valence-corrected chi connectivity index (χ0v) is 16.8. The highest BCUT2D eigenvalue weighted by Gasteiger charge is 2.30. The lowest BCUT2D eigenvalue weighted by molar-refractivity contribution is -0.131. The van der Waals surface area contributed by atoms with Gasteiger partial charge < -0.3 is 14.8 Å². The first kappa shape index (κ1) is 19.7. The van der Waals surface area contributed by atoms with E-state index in [4.69, 9.17) is 0 Å². The predicted octanol–water partition coefficient (Wildman–Crippen LogP) is 3.26. The molecule has 1 amide bonds. The summed E-state index contributed by atoms with van der Waals surface area (Å²) in [6.45, 7) is 2.29. The largest absolute Gasteiger partial charge is 0.336 e. The predicted molar refractivity (Wildman–Crippen MR) is 112 cm³/mol. The number of nitrogens with zero attached hydrogens (tertiary/aromatic N) is 3. The third kappa shape index (κ3) is 4.29. The van der Waals surface area contributed by atoms with E-state index >= 15 is 0 Å². The average Bonchev–Trinajstić information content (AvgIpc) is 3.11. The monoisotopic (exact) mass is 402 g/mol. The van der Waals surface area contributed by atoms with Gasteiger partial charge >= 0.3 is 0 Å². The fraction of sp³-hybridized carbons (Fsp3) is 0.300. The molecule has 1 saturated heterocycles. The number of piperazine rings is 1. The van der Waals surface area contributed by atoms with E-state index in [1.54, 1.807) is 18.0 Å². The number of thioether (sulfide) groups is 1. The number of aromatic nitrogens is 2. The Balaban J connectivity index is 0.00000210. The summed E-state index contributed by atoms with van der Waals surface area (Å²) in [6.07, 6.45) is 3.72. The number of amides is 1. The van der Waals surface area contributed by atoms with Crippen LogP contribution < -0.4 is 5.32 Å². The zero-order valence-electron chi connectivity index (χ0n) is 15.2. The number of halogens is 1. The number of benzene rings is 2. The second-order valence-electron chi connectivity index (χ2n) is 6.50. The first-order valence-electron chi connectivity index (χ1n) is 8.81. The molecule has 5 nitrogen and oxygen atoms in total. The minimum Gasteiger partial charge on any atom is -0.336 e. The minimum atomic E-state index is -0.00606. The number of carbonyl (C=O) groups is 1. The summed E-state index contributed by atoms with van der Waals surface area (Å²) in [7, 11) is 1.98. The first-order chi connectivity index (χ1) is 12.7. The Morgan fingerprint density at radius 1 is 1.26 bits per heavy atom. The van der Waals surface area contributed by atoms with Crippen LogP contribution in [0.1, 0.15) is 11.9 Å². The molecule has 1 atom stereocenters. The quantitative estimate of drug-likeness (QED) is 0.680. The Morgan fingerprint density at radius 2 is 2.07 bits per heavy atom. The smallest absolute Gasteiger partial charge is 0.233 e. The van der Waals surface area contributed by atoms with Gasteiger partial charge in [-0.1, -0.05) is 30.3 Å². The molecule has 2 aromatic carbocycles. The second kappa shape index (κ2) is 8.78. The number of fused-ring (bicyclic) bond motifs is 1. The molecule has 1 N–H and O–H groups in total. The fourth-order valence-electron chi connectivity index (χ4n) is 3.42. The lowest BCUT2D eigenvalue weighted by Crippen LogP contribution is -2.50. The molecule has 0 radical (unpaired) electrons. The van der Waals surface area contributed by atoms with Crippen LogP contribution in [0.15, 0.2) is 59.8 Å². The van der Waals surface area contributed by atoms with Gasteiger partial charge in [0.2, 0.25) is 5.91 Å². The fourth-order valence-corrected chi connectivity index (χ4v) is 4.25. The van der Waals surface area contributed by atoms with Crippen LogP contribution in [-0.2, 0) is 11.8 Å². The maximum absolute atomic E-state index is 12.9. The van der Waals surface area contributed by atoms with Gasteiger partial charge in [0.05, 0.1) is 5.75 Å². The van der Waals surface area contributed by atoms with Gasteiger partial charge in [0.1, 0.15) is 11.9 Å². The van der Waals surface area contributed by atoms with Crippen molar-refractivity contribution in [1.82, 2.24) is 19.8 Å². The van der Waals surface area contributed by atoms with Crippen molar-refractivity contribution in [3.63, 3.8) is 0 Å². The molecule has 0 saturated carbocycles. The van der Waals surface area contributed by atoms with Gasteiger partial charge in [-0.15, -0.1) is 24.2 Å². The van der Waals surface area contributed by atoms with Gasteiger partial charge in [-0.05, 0) is 22.9 Å². The Kier molecular flexibility index (Phi) is 6.42. The van der Waals surface area contributed by atoms with Crippen molar-refractivity contribution >= 4 is 40.8 Å². The Morgan fingerprint density at radius 3 is 2.85 bits per heavy atom. The second-order valence-corrected chi connectivity index (χ2v) is 7.55. The molecule has 0 spiro atoms. The van der Waals surface area contributed by atoms with Crippen molar-refractivity contribution in [3.8, 4) is 0 Å². The topological polar surface area (TPSA) is 50.2 Å². The molecule has 4 rings (SSSR count). The number of imidazole rings is 1. The molecule has 1 aliphatic heterocycles. The molecular formula is C20H23ClN4OS. The molecule has 1 aliphatic rings. The third-order valence-corrected chi connectivity index (χ3v) is 5.78. The zero-order chi connectivity index (χ0) is 17.9. The van der Waals surface area contributed by atoms with Gasteiger partial charge in [-0.25, -0.2) is 4.98 Å². The van der Waals surface area contributed by atoms with Crippen LogP contribution in [0.5, 0.6) is 0 Å².